The molecule has 1 aliphatic rings. The Morgan fingerprint density at radius 1 is 1.24 bits per heavy atom. The Hall–Kier alpha value is -0.380. The fraction of sp³-hybridized carbons (Fsp3) is 0.778. The van der Waals surface area contributed by atoms with Gasteiger partial charge in [-0.05, 0) is 63.2 Å². The predicted molar refractivity (Wildman–Crippen MR) is 93.8 cm³/mol. The Balaban J connectivity index is 1.79. The van der Waals surface area contributed by atoms with Crippen molar-refractivity contribution >= 4 is 11.3 Å². The Bertz CT molecular complexity index is 415. The van der Waals surface area contributed by atoms with Crippen LogP contribution in [0.15, 0.2) is 12.1 Å². The van der Waals surface area contributed by atoms with Crippen LogP contribution in [0.25, 0.3) is 0 Å². The molecule has 0 amide bonds. The molecule has 1 saturated carbocycles. The molecule has 1 fully saturated rings. The van der Waals surface area contributed by atoms with Gasteiger partial charge in [-0.3, -0.25) is 4.90 Å². The van der Waals surface area contributed by atoms with Gasteiger partial charge in [0.2, 0.25) is 0 Å². The highest BCUT2D eigenvalue weighted by Gasteiger charge is 2.28. The minimum Gasteiger partial charge on any atom is -0.312 e. The van der Waals surface area contributed by atoms with Gasteiger partial charge in [-0.1, -0.05) is 20.8 Å². The van der Waals surface area contributed by atoms with Crippen molar-refractivity contribution in [1.29, 1.82) is 0 Å². The van der Waals surface area contributed by atoms with Crippen LogP contribution in [0, 0.1) is 5.41 Å². The highest BCUT2D eigenvalue weighted by Crippen LogP contribution is 2.37. The topological polar surface area (TPSA) is 15.3 Å². The molecule has 2 rings (SSSR count). The summed E-state index contributed by atoms with van der Waals surface area (Å²) in [4.78, 5) is 5.55. The van der Waals surface area contributed by atoms with Gasteiger partial charge in [-0.2, -0.15) is 0 Å². The molecule has 0 aliphatic heterocycles. The van der Waals surface area contributed by atoms with E-state index in [2.05, 4.69) is 50.2 Å². The molecule has 0 atom stereocenters. The molecule has 1 heterocycles. The molecule has 21 heavy (non-hydrogen) atoms. The molecular formula is C18H32N2S. The molecule has 1 aromatic rings. The van der Waals surface area contributed by atoms with Crippen LogP contribution in [0.3, 0.4) is 0 Å². The molecular weight excluding hydrogens is 276 g/mol. The summed E-state index contributed by atoms with van der Waals surface area (Å²) >= 11 is 1.97. The van der Waals surface area contributed by atoms with E-state index >= 15 is 0 Å². The second kappa shape index (κ2) is 7.75. The molecule has 0 radical (unpaired) electrons. The average Bonchev–Trinajstić information content (AvgIpc) is 2.86. The van der Waals surface area contributed by atoms with Crippen LogP contribution in [0.5, 0.6) is 0 Å². The molecule has 0 bridgehead atoms. The molecule has 2 nitrogen and oxygen atoms in total. The lowest BCUT2D eigenvalue weighted by atomic mass is 9.75. The first-order chi connectivity index (χ1) is 10.00. The molecule has 1 aliphatic carbocycles. The summed E-state index contributed by atoms with van der Waals surface area (Å²) in [6.07, 6.45) is 6.68. The molecule has 0 unspecified atom stereocenters. The summed E-state index contributed by atoms with van der Waals surface area (Å²) in [7, 11) is 2.30. The van der Waals surface area contributed by atoms with Gasteiger partial charge in [0.15, 0.2) is 0 Å². The summed E-state index contributed by atoms with van der Waals surface area (Å²) < 4.78 is 0. The highest BCUT2D eigenvalue weighted by atomic mass is 32.1. The van der Waals surface area contributed by atoms with Crippen LogP contribution in [-0.2, 0) is 13.1 Å². The number of hydrogen-bond acceptors (Lipinski definition) is 3. The van der Waals surface area contributed by atoms with Crippen molar-refractivity contribution in [2.75, 3.05) is 13.6 Å². The zero-order valence-electron chi connectivity index (χ0n) is 14.2. The lowest BCUT2D eigenvalue weighted by Crippen LogP contribution is -2.36. The van der Waals surface area contributed by atoms with Gasteiger partial charge in [-0.15, -0.1) is 11.3 Å². The van der Waals surface area contributed by atoms with E-state index in [4.69, 9.17) is 0 Å². The maximum Gasteiger partial charge on any atom is 0.0327 e. The van der Waals surface area contributed by atoms with Crippen molar-refractivity contribution < 1.29 is 0 Å². The van der Waals surface area contributed by atoms with Crippen LogP contribution < -0.4 is 5.32 Å². The van der Waals surface area contributed by atoms with Gasteiger partial charge in [0.05, 0.1) is 0 Å². The maximum absolute atomic E-state index is 3.49. The van der Waals surface area contributed by atoms with E-state index in [1.807, 2.05) is 11.3 Å². The minimum atomic E-state index is 0.568. The Morgan fingerprint density at radius 3 is 2.57 bits per heavy atom. The van der Waals surface area contributed by atoms with Crippen molar-refractivity contribution in [3.63, 3.8) is 0 Å². The standard InChI is InChI=1S/C18H32N2S/c1-5-12-19-13-16-6-7-17(21-16)14-20(4)15-8-10-18(2,3)11-9-15/h6-7,15,19H,5,8-14H2,1-4H3. The molecule has 0 saturated heterocycles. The van der Waals surface area contributed by atoms with Crippen LogP contribution in [0.2, 0.25) is 0 Å². The molecule has 0 spiro atoms. The Morgan fingerprint density at radius 2 is 1.90 bits per heavy atom. The second-order valence-corrected chi connectivity index (χ2v) is 8.61. The van der Waals surface area contributed by atoms with Crippen molar-refractivity contribution in [1.82, 2.24) is 10.2 Å². The fourth-order valence-corrected chi connectivity index (χ4v) is 4.24. The highest BCUT2D eigenvalue weighted by molar-refractivity contribution is 7.11. The van der Waals surface area contributed by atoms with Gasteiger partial charge in [0, 0.05) is 28.9 Å². The van der Waals surface area contributed by atoms with E-state index < -0.39 is 0 Å². The zero-order chi connectivity index (χ0) is 15.3. The van der Waals surface area contributed by atoms with Gasteiger partial charge < -0.3 is 5.32 Å². The largest absolute Gasteiger partial charge is 0.312 e. The predicted octanol–water partition coefficient (Wildman–Crippen LogP) is 4.65. The van der Waals surface area contributed by atoms with Crippen molar-refractivity contribution in [2.24, 2.45) is 5.41 Å². The van der Waals surface area contributed by atoms with Crippen molar-refractivity contribution in [2.45, 2.75) is 72.0 Å². The lowest BCUT2D eigenvalue weighted by molar-refractivity contribution is 0.124. The summed E-state index contributed by atoms with van der Waals surface area (Å²) in [6.45, 7) is 10.3. The molecule has 1 N–H and O–H groups in total. The third kappa shape index (κ3) is 5.39. The second-order valence-electron chi connectivity index (χ2n) is 7.36. The number of hydrogen-bond donors (Lipinski definition) is 1. The average molecular weight is 309 g/mol. The Labute approximate surface area is 134 Å². The van der Waals surface area contributed by atoms with Crippen LogP contribution in [0.4, 0.5) is 0 Å². The van der Waals surface area contributed by atoms with E-state index in [0.717, 1.165) is 25.7 Å². The fourth-order valence-electron chi connectivity index (χ4n) is 3.19. The zero-order valence-corrected chi connectivity index (χ0v) is 15.1. The van der Waals surface area contributed by atoms with Crippen molar-refractivity contribution in [3.05, 3.63) is 21.9 Å². The normalized spacial score (nSPS) is 19.3. The summed E-state index contributed by atoms with van der Waals surface area (Å²) in [5.74, 6) is 0. The minimum absolute atomic E-state index is 0.568. The van der Waals surface area contributed by atoms with E-state index in [0.29, 0.717) is 5.41 Å². The van der Waals surface area contributed by atoms with Gasteiger partial charge in [0.1, 0.15) is 0 Å². The monoisotopic (exact) mass is 308 g/mol. The van der Waals surface area contributed by atoms with Crippen molar-refractivity contribution in [3.8, 4) is 0 Å². The first-order valence-corrected chi connectivity index (χ1v) is 9.30. The SMILES string of the molecule is CCCNCc1ccc(CN(C)C2CCC(C)(C)CC2)s1. The van der Waals surface area contributed by atoms with Crippen LogP contribution in [0.1, 0.15) is 62.6 Å². The van der Waals surface area contributed by atoms with Gasteiger partial charge >= 0.3 is 0 Å². The van der Waals surface area contributed by atoms with E-state index in [1.165, 1.54) is 41.9 Å². The Kier molecular flexibility index (Phi) is 6.27. The van der Waals surface area contributed by atoms with E-state index in [-0.39, 0.29) is 0 Å². The summed E-state index contributed by atoms with van der Waals surface area (Å²) in [5, 5.41) is 3.49. The maximum atomic E-state index is 3.49. The molecule has 120 valence electrons. The van der Waals surface area contributed by atoms with E-state index in [9.17, 15) is 0 Å². The number of thiophene rings is 1. The third-order valence-electron chi connectivity index (χ3n) is 4.78. The quantitative estimate of drug-likeness (QED) is 0.738. The smallest absolute Gasteiger partial charge is 0.0327 e. The first-order valence-electron chi connectivity index (χ1n) is 8.49. The summed E-state index contributed by atoms with van der Waals surface area (Å²) in [6, 6.07) is 5.39. The lowest BCUT2D eigenvalue weighted by Gasteiger charge is -2.38. The van der Waals surface area contributed by atoms with Gasteiger partial charge in [0.25, 0.3) is 0 Å². The van der Waals surface area contributed by atoms with Crippen LogP contribution in [-0.4, -0.2) is 24.5 Å². The van der Waals surface area contributed by atoms with Crippen LogP contribution >= 0.6 is 11.3 Å². The van der Waals surface area contributed by atoms with E-state index in [1.54, 1.807) is 0 Å². The molecule has 3 heteroatoms. The first kappa shape index (κ1) is 17.0. The molecule has 0 aromatic carbocycles. The third-order valence-corrected chi connectivity index (χ3v) is 5.85. The molecule has 1 aromatic heterocycles. The number of nitrogens with one attached hydrogen (secondary N) is 1. The summed E-state index contributed by atoms with van der Waals surface area (Å²) in [5.41, 5.74) is 0.568. The number of rotatable bonds is 7. The van der Waals surface area contributed by atoms with Gasteiger partial charge in [-0.25, -0.2) is 0 Å². The number of nitrogens with zero attached hydrogens (tertiary/aromatic N) is 1.